The number of piperidine rings is 1. The third-order valence-corrected chi connectivity index (χ3v) is 7.62. The minimum atomic E-state index is -3.65. The number of esters is 1. The number of ether oxygens (including phenoxy) is 1. The number of carbonyl (C=O) groups is 2. The largest absolute Gasteiger partial charge is 0.452 e. The molecule has 1 aromatic rings. The fourth-order valence-electron chi connectivity index (χ4n) is 3.98. The lowest BCUT2D eigenvalue weighted by Gasteiger charge is -2.33. The van der Waals surface area contributed by atoms with Crippen molar-refractivity contribution in [2.24, 2.45) is 0 Å². The van der Waals surface area contributed by atoms with Gasteiger partial charge in [0.2, 0.25) is 10.0 Å². The maximum Gasteiger partial charge on any atom is 0.338 e. The van der Waals surface area contributed by atoms with E-state index in [-0.39, 0.29) is 29.0 Å². The Kier molecular flexibility index (Phi) is 7.29. The highest BCUT2D eigenvalue weighted by atomic mass is 32.2. The molecule has 7 nitrogen and oxygen atoms in total. The van der Waals surface area contributed by atoms with Gasteiger partial charge in [0.05, 0.1) is 10.5 Å². The second-order valence-electron chi connectivity index (χ2n) is 7.85. The van der Waals surface area contributed by atoms with Crippen LogP contribution in [0.5, 0.6) is 0 Å². The predicted octanol–water partition coefficient (Wildman–Crippen LogP) is 2.81. The fraction of sp³-hybridized carbons (Fsp3) is 0.619. The van der Waals surface area contributed by atoms with Crippen LogP contribution in [0.2, 0.25) is 0 Å². The molecule has 2 aliphatic rings. The summed E-state index contributed by atoms with van der Waals surface area (Å²) in [5, 5.41) is 0. The van der Waals surface area contributed by atoms with Crippen LogP contribution >= 0.6 is 0 Å². The molecular formula is C21H30N2O5S. The summed E-state index contributed by atoms with van der Waals surface area (Å²) in [5.74, 6) is -0.894. The van der Waals surface area contributed by atoms with E-state index in [0.29, 0.717) is 19.6 Å². The lowest BCUT2D eigenvalue weighted by Crippen LogP contribution is -2.44. The average molecular weight is 423 g/mol. The summed E-state index contributed by atoms with van der Waals surface area (Å²) in [4.78, 5) is 26.6. The van der Waals surface area contributed by atoms with Crippen molar-refractivity contribution in [2.75, 3.05) is 26.2 Å². The first-order valence-corrected chi connectivity index (χ1v) is 11.9. The zero-order valence-corrected chi connectivity index (χ0v) is 17.8. The van der Waals surface area contributed by atoms with E-state index in [0.717, 1.165) is 44.9 Å². The molecule has 0 bridgehead atoms. The second-order valence-corrected chi connectivity index (χ2v) is 9.79. The van der Waals surface area contributed by atoms with Crippen molar-refractivity contribution in [3.8, 4) is 0 Å². The fourth-order valence-corrected chi connectivity index (χ4v) is 5.54. The number of amides is 1. The summed E-state index contributed by atoms with van der Waals surface area (Å²) in [6, 6.07) is 6.04. The Balaban J connectivity index is 1.65. The Hall–Kier alpha value is -1.93. The van der Waals surface area contributed by atoms with Crippen molar-refractivity contribution < 1.29 is 22.7 Å². The van der Waals surface area contributed by atoms with Gasteiger partial charge in [-0.2, -0.15) is 4.31 Å². The van der Waals surface area contributed by atoms with Crippen molar-refractivity contribution in [1.29, 1.82) is 0 Å². The maximum absolute atomic E-state index is 12.9. The van der Waals surface area contributed by atoms with Gasteiger partial charge in [-0.15, -0.1) is 0 Å². The van der Waals surface area contributed by atoms with E-state index >= 15 is 0 Å². The van der Waals surface area contributed by atoms with Crippen LogP contribution in [0, 0.1) is 0 Å². The molecule has 1 aromatic carbocycles. The number of sulfonamides is 1. The summed E-state index contributed by atoms with van der Waals surface area (Å²) in [6.07, 6.45) is 6.76. The Bertz CT molecular complexity index is 831. The Morgan fingerprint density at radius 1 is 1.03 bits per heavy atom. The number of nitrogens with zero attached hydrogens (tertiary/aromatic N) is 2. The number of hydrogen-bond acceptors (Lipinski definition) is 5. The third-order valence-electron chi connectivity index (χ3n) is 5.72. The van der Waals surface area contributed by atoms with Crippen LogP contribution in [-0.4, -0.2) is 61.8 Å². The van der Waals surface area contributed by atoms with E-state index in [2.05, 4.69) is 0 Å². The summed E-state index contributed by atoms with van der Waals surface area (Å²) >= 11 is 0. The number of rotatable bonds is 5. The van der Waals surface area contributed by atoms with Gasteiger partial charge in [-0.05, 0) is 57.2 Å². The van der Waals surface area contributed by atoms with Gasteiger partial charge in [0.15, 0.2) is 6.61 Å². The normalized spacial score (nSPS) is 21.4. The molecule has 2 saturated heterocycles. The second kappa shape index (κ2) is 9.71. The van der Waals surface area contributed by atoms with Gasteiger partial charge < -0.3 is 9.64 Å². The van der Waals surface area contributed by atoms with Crippen LogP contribution in [-0.2, 0) is 19.6 Å². The molecule has 0 radical (unpaired) electrons. The molecule has 1 atom stereocenters. The first-order chi connectivity index (χ1) is 13.9. The van der Waals surface area contributed by atoms with E-state index in [1.54, 1.807) is 4.90 Å². The van der Waals surface area contributed by atoms with Gasteiger partial charge in [0, 0.05) is 25.7 Å². The molecule has 2 aliphatic heterocycles. The Morgan fingerprint density at radius 2 is 1.72 bits per heavy atom. The zero-order valence-electron chi connectivity index (χ0n) is 17.0. The molecule has 160 valence electrons. The number of benzene rings is 1. The SMILES string of the molecule is C[C@@H]1CCCCN1C(=O)COC(=O)c1cccc(S(=O)(=O)N2CCCCCC2)c1. The molecule has 3 rings (SSSR count). The van der Waals surface area contributed by atoms with Crippen molar-refractivity contribution in [2.45, 2.75) is 62.8 Å². The number of likely N-dealkylation sites (tertiary alicyclic amines) is 1. The monoisotopic (exact) mass is 422 g/mol. The van der Waals surface area contributed by atoms with Crippen molar-refractivity contribution in [3.63, 3.8) is 0 Å². The van der Waals surface area contributed by atoms with Gasteiger partial charge in [-0.1, -0.05) is 18.9 Å². The first-order valence-electron chi connectivity index (χ1n) is 10.5. The van der Waals surface area contributed by atoms with E-state index in [9.17, 15) is 18.0 Å². The zero-order chi connectivity index (χ0) is 20.9. The average Bonchev–Trinajstić information content (AvgIpc) is 3.02. The van der Waals surface area contributed by atoms with E-state index in [1.165, 1.54) is 28.6 Å². The predicted molar refractivity (Wildman–Crippen MR) is 109 cm³/mol. The molecule has 2 fully saturated rings. The summed E-state index contributed by atoms with van der Waals surface area (Å²) in [6.45, 7) is 3.35. The highest BCUT2D eigenvalue weighted by Crippen LogP contribution is 2.22. The quantitative estimate of drug-likeness (QED) is 0.682. The molecular weight excluding hydrogens is 392 g/mol. The molecule has 0 aliphatic carbocycles. The van der Waals surface area contributed by atoms with Gasteiger partial charge in [-0.3, -0.25) is 4.79 Å². The third kappa shape index (κ3) is 5.36. The van der Waals surface area contributed by atoms with Crippen LogP contribution < -0.4 is 0 Å². The molecule has 29 heavy (non-hydrogen) atoms. The lowest BCUT2D eigenvalue weighted by molar-refractivity contribution is -0.137. The van der Waals surface area contributed by atoms with Crippen molar-refractivity contribution in [3.05, 3.63) is 29.8 Å². The van der Waals surface area contributed by atoms with Crippen LogP contribution in [0.1, 0.15) is 62.2 Å². The van der Waals surface area contributed by atoms with Crippen molar-refractivity contribution >= 4 is 21.9 Å². The summed E-state index contributed by atoms with van der Waals surface area (Å²) in [5.41, 5.74) is 0.139. The standard InChI is InChI=1S/C21H30N2O5S/c1-17-9-4-7-14-23(17)20(24)16-28-21(25)18-10-8-11-19(15-18)29(26,27)22-12-5-2-3-6-13-22/h8,10-11,15,17H,2-7,9,12-14,16H2,1H3/t17-/m1/s1. The smallest absolute Gasteiger partial charge is 0.338 e. The molecule has 1 amide bonds. The van der Waals surface area contributed by atoms with Crippen molar-refractivity contribution in [1.82, 2.24) is 9.21 Å². The molecule has 8 heteroatoms. The van der Waals surface area contributed by atoms with Gasteiger partial charge in [-0.25, -0.2) is 13.2 Å². The number of carbonyl (C=O) groups excluding carboxylic acids is 2. The van der Waals surface area contributed by atoms with Gasteiger partial charge in [0.25, 0.3) is 5.91 Å². The summed E-state index contributed by atoms with van der Waals surface area (Å²) in [7, 11) is -3.65. The highest BCUT2D eigenvalue weighted by Gasteiger charge is 2.27. The van der Waals surface area contributed by atoms with E-state index < -0.39 is 16.0 Å². The van der Waals surface area contributed by atoms with Crippen LogP contribution in [0.4, 0.5) is 0 Å². The van der Waals surface area contributed by atoms with Gasteiger partial charge >= 0.3 is 5.97 Å². The Labute approximate surface area is 173 Å². The molecule has 0 aromatic heterocycles. The highest BCUT2D eigenvalue weighted by molar-refractivity contribution is 7.89. The minimum absolute atomic E-state index is 0.0878. The topological polar surface area (TPSA) is 84.0 Å². The Morgan fingerprint density at radius 3 is 2.41 bits per heavy atom. The first kappa shape index (κ1) is 21.8. The molecule has 0 N–H and O–H groups in total. The van der Waals surface area contributed by atoms with Crippen LogP contribution in [0.15, 0.2) is 29.2 Å². The lowest BCUT2D eigenvalue weighted by atomic mass is 10.0. The molecule has 0 unspecified atom stereocenters. The van der Waals surface area contributed by atoms with Crippen LogP contribution in [0.3, 0.4) is 0 Å². The van der Waals surface area contributed by atoms with Crippen LogP contribution in [0.25, 0.3) is 0 Å². The van der Waals surface area contributed by atoms with Gasteiger partial charge in [0.1, 0.15) is 0 Å². The van der Waals surface area contributed by atoms with E-state index in [4.69, 9.17) is 4.74 Å². The molecule has 2 heterocycles. The van der Waals surface area contributed by atoms with E-state index in [1.807, 2.05) is 6.92 Å². The molecule has 0 spiro atoms. The molecule has 0 saturated carbocycles. The minimum Gasteiger partial charge on any atom is -0.452 e. The maximum atomic E-state index is 12.9. The summed E-state index contributed by atoms with van der Waals surface area (Å²) < 4.78 is 32.6. The number of hydrogen-bond donors (Lipinski definition) is 0.